The van der Waals surface area contributed by atoms with Crippen LogP contribution in [0.2, 0.25) is 20.1 Å². The summed E-state index contributed by atoms with van der Waals surface area (Å²) < 4.78 is 0. The monoisotopic (exact) mass is 682 g/mol. The van der Waals surface area contributed by atoms with Gasteiger partial charge in [0.1, 0.15) is 17.5 Å². The molecule has 4 aromatic rings. The Labute approximate surface area is 272 Å². The van der Waals surface area contributed by atoms with E-state index in [2.05, 4.69) is 19.9 Å². The largest absolute Gasteiger partial charge is 0.476 e. The normalized spacial score (nSPS) is 9.49. The van der Waals surface area contributed by atoms with Gasteiger partial charge >= 0.3 is 5.97 Å². The number of amides is 1. The summed E-state index contributed by atoms with van der Waals surface area (Å²) in [5.74, 6) is -1.70. The summed E-state index contributed by atoms with van der Waals surface area (Å²) in [7, 11) is 0. The number of carbonyl (C=O) groups excluding carboxylic acids is 2. The van der Waals surface area contributed by atoms with E-state index in [0.717, 1.165) is 17.1 Å². The van der Waals surface area contributed by atoms with Crippen LogP contribution in [0, 0.1) is 39.0 Å². The van der Waals surface area contributed by atoms with Gasteiger partial charge in [0.2, 0.25) is 0 Å². The summed E-state index contributed by atoms with van der Waals surface area (Å²) >= 11 is 27.6. The number of nitriles is 1. The number of pyridine rings is 4. The lowest BCUT2D eigenvalue weighted by molar-refractivity contribution is 0.0690. The second-order valence-electron chi connectivity index (χ2n) is 8.19. The Kier molecular flexibility index (Phi) is 15.5. The molecule has 1 amide bonds. The predicted octanol–water partition coefficient (Wildman–Crippen LogP) is 7.22. The van der Waals surface area contributed by atoms with Gasteiger partial charge in [0.15, 0.2) is 11.4 Å². The molecule has 224 valence electrons. The smallest absolute Gasteiger partial charge is 0.356 e. The average Bonchev–Trinajstić information content (AvgIpc) is 2.94. The van der Waals surface area contributed by atoms with Gasteiger partial charge < -0.3 is 10.8 Å². The molecule has 4 aromatic heterocycles. The number of carboxylic acid groups (broad SMARTS) is 1. The topological polar surface area (TPSA) is 173 Å². The van der Waals surface area contributed by atoms with Crippen molar-refractivity contribution in [2.24, 2.45) is 5.73 Å². The number of aryl methyl sites for hydroxylation is 4. The van der Waals surface area contributed by atoms with E-state index in [1.807, 2.05) is 13.0 Å². The highest BCUT2D eigenvalue weighted by molar-refractivity contribution is 6.68. The Morgan fingerprint density at radius 3 is 1.30 bits per heavy atom. The van der Waals surface area contributed by atoms with Crippen molar-refractivity contribution in [3.05, 3.63) is 114 Å². The fraction of sp³-hybridized carbons (Fsp3) is 0.143. The summed E-state index contributed by atoms with van der Waals surface area (Å²) in [6.45, 7) is 7.06. The van der Waals surface area contributed by atoms with Crippen LogP contribution in [0.5, 0.6) is 0 Å². The SMILES string of the molecule is Cc1ccc(Cl)c(C#N)n1.Cc1ccc(Cl)c(C(=O)Cl)n1.Cc1ccc(Cl)c(C(=O)O)n1.Cc1ccc(Cl)c(C(N)=O)n1. The van der Waals surface area contributed by atoms with Crippen molar-refractivity contribution in [1.82, 2.24) is 19.9 Å². The fourth-order valence-electron chi connectivity index (χ4n) is 2.70. The zero-order valence-corrected chi connectivity index (χ0v) is 26.8. The van der Waals surface area contributed by atoms with Gasteiger partial charge in [-0.15, -0.1) is 0 Å². The molecule has 43 heavy (non-hydrogen) atoms. The number of hydrogen-bond donors (Lipinski definition) is 2. The van der Waals surface area contributed by atoms with Crippen LogP contribution in [0.15, 0.2) is 48.5 Å². The number of rotatable bonds is 3. The van der Waals surface area contributed by atoms with Crippen molar-refractivity contribution < 1.29 is 19.5 Å². The minimum Gasteiger partial charge on any atom is -0.476 e. The van der Waals surface area contributed by atoms with Gasteiger partial charge in [0.25, 0.3) is 11.1 Å². The second-order valence-corrected chi connectivity index (χ2v) is 10.2. The molecule has 15 heteroatoms. The van der Waals surface area contributed by atoms with Gasteiger partial charge in [-0.05, 0) is 87.8 Å². The third-order valence-electron chi connectivity index (χ3n) is 4.67. The maximum atomic E-state index is 10.6. The first-order chi connectivity index (χ1) is 20.1. The number of hydrogen-bond acceptors (Lipinski definition) is 8. The number of primary amides is 1. The Hall–Kier alpha value is -3.85. The van der Waals surface area contributed by atoms with Gasteiger partial charge in [-0.2, -0.15) is 5.26 Å². The zero-order chi connectivity index (χ0) is 32.9. The van der Waals surface area contributed by atoms with Crippen molar-refractivity contribution in [3.63, 3.8) is 0 Å². The number of aromatic nitrogens is 4. The number of carbonyl (C=O) groups is 3. The lowest BCUT2D eigenvalue weighted by Gasteiger charge is -1.98. The van der Waals surface area contributed by atoms with Crippen LogP contribution in [0.4, 0.5) is 0 Å². The van der Waals surface area contributed by atoms with E-state index in [1.54, 1.807) is 63.2 Å². The summed E-state index contributed by atoms with van der Waals surface area (Å²) in [6, 6.07) is 15.1. The van der Waals surface area contributed by atoms with Crippen molar-refractivity contribution in [1.29, 1.82) is 5.26 Å². The van der Waals surface area contributed by atoms with Crippen LogP contribution in [0.3, 0.4) is 0 Å². The van der Waals surface area contributed by atoms with E-state index in [0.29, 0.717) is 21.4 Å². The summed E-state index contributed by atoms with van der Waals surface area (Å²) in [5, 5.41) is 17.5. The Balaban J connectivity index is 0.000000287. The molecular weight excluding hydrogens is 662 g/mol. The molecule has 0 unspecified atom stereocenters. The highest BCUT2D eigenvalue weighted by Crippen LogP contribution is 2.16. The van der Waals surface area contributed by atoms with E-state index >= 15 is 0 Å². The molecule has 0 aliphatic carbocycles. The first-order valence-corrected chi connectivity index (χ1v) is 13.6. The molecule has 0 saturated heterocycles. The zero-order valence-electron chi connectivity index (χ0n) is 23.0. The summed E-state index contributed by atoms with van der Waals surface area (Å²) in [4.78, 5) is 47.1. The average molecular weight is 685 g/mol. The molecule has 0 radical (unpaired) electrons. The van der Waals surface area contributed by atoms with Gasteiger partial charge in [0, 0.05) is 22.8 Å². The molecule has 0 saturated carbocycles. The molecule has 0 aliphatic rings. The van der Waals surface area contributed by atoms with Crippen LogP contribution >= 0.6 is 58.0 Å². The lowest BCUT2D eigenvalue weighted by atomic mass is 10.3. The molecule has 0 aromatic carbocycles. The molecular formula is C28H23Cl5N6O4. The number of nitrogens with two attached hydrogens (primary N) is 1. The van der Waals surface area contributed by atoms with Crippen molar-refractivity contribution in [2.75, 3.05) is 0 Å². The number of aromatic carboxylic acids is 1. The van der Waals surface area contributed by atoms with Crippen LogP contribution < -0.4 is 5.73 Å². The van der Waals surface area contributed by atoms with Crippen molar-refractivity contribution >= 4 is 75.1 Å². The summed E-state index contributed by atoms with van der Waals surface area (Å²) in [5.41, 5.74) is 8.35. The molecule has 4 rings (SSSR count). The Bertz CT molecular complexity index is 1530. The fourth-order valence-corrected chi connectivity index (χ4v) is 3.61. The molecule has 0 atom stereocenters. The predicted molar refractivity (Wildman–Crippen MR) is 166 cm³/mol. The molecule has 0 aliphatic heterocycles. The Morgan fingerprint density at radius 2 is 1.00 bits per heavy atom. The minimum absolute atomic E-state index is 0.0910. The van der Waals surface area contributed by atoms with Gasteiger partial charge in [-0.1, -0.05) is 46.4 Å². The van der Waals surface area contributed by atoms with E-state index < -0.39 is 17.1 Å². The van der Waals surface area contributed by atoms with E-state index in [1.165, 1.54) is 6.07 Å². The van der Waals surface area contributed by atoms with E-state index in [4.69, 9.17) is 74.1 Å². The van der Waals surface area contributed by atoms with Crippen LogP contribution in [0.25, 0.3) is 0 Å². The minimum atomic E-state index is -1.10. The Morgan fingerprint density at radius 1 is 0.651 bits per heavy atom. The van der Waals surface area contributed by atoms with Gasteiger partial charge in [0.05, 0.1) is 20.1 Å². The van der Waals surface area contributed by atoms with E-state index in [-0.39, 0.29) is 27.1 Å². The highest BCUT2D eigenvalue weighted by atomic mass is 35.5. The molecule has 0 bridgehead atoms. The molecule has 4 heterocycles. The summed E-state index contributed by atoms with van der Waals surface area (Å²) in [6.07, 6.45) is 0. The molecule has 0 spiro atoms. The molecule has 10 nitrogen and oxygen atoms in total. The third kappa shape index (κ3) is 12.9. The van der Waals surface area contributed by atoms with Crippen LogP contribution in [-0.4, -0.2) is 42.2 Å². The van der Waals surface area contributed by atoms with E-state index in [9.17, 15) is 14.4 Å². The standard InChI is InChI=1S/C7H5Cl2NO.C7H7ClN2O.C7H5ClN2.C7H6ClNO2/c2*1-4-2-3-5(8)6(10-4)7(9)11;1-5-2-3-6(8)7(4-9)10-5;1-4-2-3-5(8)6(9-4)7(10)11/h2-3H,1H3;2-3H,1H3,(H2,9,11);2-3H,1H3;2-3H,1H3,(H,10,11). The van der Waals surface area contributed by atoms with Crippen LogP contribution in [-0.2, 0) is 0 Å². The first kappa shape index (κ1) is 37.2. The quantitative estimate of drug-likeness (QED) is 0.211. The second kappa shape index (κ2) is 18.0. The number of carboxylic acids is 1. The lowest BCUT2D eigenvalue weighted by Crippen LogP contribution is -2.14. The van der Waals surface area contributed by atoms with Gasteiger partial charge in [-0.3, -0.25) is 9.59 Å². The highest BCUT2D eigenvalue weighted by Gasteiger charge is 2.10. The maximum absolute atomic E-state index is 10.6. The molecule has 3 N–H and O–H groups in total. The molecule has 0 fully saturated rings. The number of halogens is 5. The van der Waals surface area contributed by atoms with Crippen LogP contribution in [0.1, 0.15) is 59.9 Å². The van der Waals surface area contributed by atoms with Crippen molar-refractivity contribution in [3.8, 4) is 6.07 Å². The maximum Gasteiger partial charge on any atom is 0.356 e. The number of nitrogens with zero attached hydrogens (tertiary/aromatic N) is 5. The van der Waals surface area contributed by atoms with Gasteiger partial charge in [-0.25, -0.2) is 24.7 Å². The van der Waals surface area contributed by atoms with Crippen molar-refractivity contribution in [2.45, 2.75) is 27.7 Å². The first-order valence-electron chi connectivity index (χ1n) is 11.7. The third-order valence-corrected chi connectivity index (χ3v) is 6.07.